The zero-order chi connectivity index (χ0) is 13.0. The van der Waals surface area contributed by atoms with Crippen LogP contribution in [0.5, 0.6) is 0 Å². The maximum absolute atomic E-state index is 13.1. The molecule has 1 rings (SSSR count). The van der Waals surface area contributed by atoms with Crippen LogP contribution in [0.2, 0.25) is 0 Å². The quantitative estimate of drug-likeness (QED) is 0.704. The second-order valence-electron chi connectivity index (χ2n) is 3.19. The molecular formula is C10H9F2NO4. The number of carboxylic acids is 1. The zero-order valence-electron chi connectivity index (χ0n) is 8.48. The lowest BCUT2D eigenvalue weighted by Crippen LogP contribution is -2.36. The Kier molecular flexibility index (Phi) is 4.11. The third-order valence-corrected chi connectivity index (χ3v) is 1.91. The van der Waals surface area contributed by atoms with Gasteiger partial charge in [-0.25, -0.2) is 13.6 Å². The molecule has 0 unspecified atom stereocenters. The fourth-order valence-electron chi connectivity index (χ4n) is 1.04. The molecule has 0 saturated heterocycles. The molecule has 17 heavy (non-hydrogen) atoms. The molecule has 0 aromatic heterocycles. The normalized spacial score (nSPS) is 11.9. The van der Waals surface area contributed by atoms with Gasteiger partial charge < -0.3 is 15.5 Å². The number of carbonyl (C=O) groups excluding carboxylic acids is 1. The summed E-state index contributed by atoms with van der Waals surface area (Å²) in [4.78, 5) is 21.6. The highest BCUT2D eigenvalue weighted by Crippen LogP contribution is 2.09. The van der Waals surface area contributed by atoms with E-state index in [1.54, 1.807) is 0 Å². The second kappa shape index (κ2) is 5.35. The number of hydrogen-bond donors (Lipinski definition) is 3. The molecule has 0 heterocycles. The fourth-order valence-corrected chi connectivity index (χ4v) is 1.04. The molecule has 0 fully saturated rings. The Morgan fingerprint density at radius 1 is 1.35 bits per heavy atom. The molecule has 92 valence electrons. The summed E-state index contributed by atoms with van der Waals surface area (Å²) < 4.78 is 25.8. The molecule has 0 aliphatic carbocycles. The number of amides is 1. The first kappa shape index (κ1) is 13.0. The average molecular weight is 245 g/mol. The summed E-state index contributed by atoms with van der Waals surface area (Å²) in [7, 11) is 0. The van der Waals surface area contributed by atoms with Gasteiger partial charge in [0.25, 0.3) is 5.91 Å². The van der Waals surface area contributed by atoms with E-state index in [4.69, 9.17) is 10.2 Å². The van der Waals surface area contributed by atoms with Gasteiger partial charge in [0, 0.05) is 0 Å². The SMILES string of the molecule is O=C(NC[C@H](O)C(=O)O)c1cc(F)ccc1F. The summed E-state index contributed by atoms with van der Waals surface area (Å²) in [5.74, 6) is -4.25. The minimum atomic E-state index is -1.80. The van der Waals surface area contributed by atoms with Gasteiger partial charge in [-0.05, 0) is 18.2 Å². The van der Waals surface area contributed by atoms with E-state index < -0.39 is 41.7 Å². The molecular weight excluding hydrogens is 236 g/mol. The van der Waals surface area contributed by atoms with Gasteiger partial charge >= 0.3 is 5.97 Å². The van der Waals surface area contributed by atoms with E-state index in [2.05, 4.69) is 0 Å². The summed E-state index contributed by atoms with van der Waals surface area (Å²) in [5.41, 5.74) is -0.553. The zero-order valence-corrected chi connectivity index (χ0v) is 8.48. The van der Waals surface area contributed by atoms with Crippen LogP contribution in [0.25, 0.3) is 0 Å². The van der Waals surface area contributed by atoms with Crippen molar-refractivity contribution >= 4 is 11.9 Å². The van der Waals surface area contributed by atoms with E-state index in [0.29, 0.717) is 6.07 Å². The van der Waals surface area contributed by atoms with Gasteiger partial charge in [-0.3, -0.25) is 4.79 Å². The number of carboxylic acid groups (broad SMARTS) is 1. The highest BCUT2D eigenvalue weighted by molar-refractivity contribution is 5.94. The fraction of sp³-hybridized carbons (Fsp3) is 0.200. The van der Waals surface area contributed by atoms with Crippen molar-refractivity contribution in [2.24, 2.45) is 0 Å². The molecule has 1 atom stereocenters. The van der Waals surface area contributed by atoms with Crippen LogP contribution in [-0.2, 0) is 4.79 Å². The number of nitrogens with one attached hydrogen (secondary N) is 1. The monoisotopic (exact) mass is 245 g/mol. The van der Waals surface area contributed by atoms with E-state index in [9.17, 15) is 18.4 Å². The lowest BCUT2D eigenvalue weighted by molar-refractivity contribution is -0.146. The Labute approximate surface area is 94.7 Å². The summed E-state index contributed by atoms with van der Waals surface area (Å²) in [6.45, 7) is -0.593. The predicted molar refractivity (Wildman–Crippen MR) is 52.3 cm³/mol. The summed E-state index contributed by atoms with van der Waals surface area (Å²) in [6, 6.07) is 2.30. The topological polar surface area (TPSA) is 86.6 Å². The molecule has 1 aromatic carbocycles. The van der Waals surface area contributed by atoms with Crippen molar-refractivity contribution in [2.45, 2.75) is 6.10 Å². The smallest absolute Gasteiger partial charge is 0.334 e. The van der Waals surface area contributed by atoms with Gasteiger partial charge in [0.2, 0.25) is 0 Å². The largest absolute Gasteiger partial charge is 0.479 e. The van der Waals surface area contributed by atoms with E-state index in [0.717, 1.165) is 12.1 Å². The number of benzene rings is 1. The van der Waals surface area contributed by atoms with Crippen LogP contribution in [-0.4, -0.2) is 34.7 Å². The van der Waals surface area contributed by atoms with Crippen LogP contribution in [0.1, 0.15) is 10.4 Å². The number of rotatable bonds is 4. The number of aliphatic carboxylic acids is 1. The van der Waals surface area contributed by atoms with Gasteiger partial charge in [-0.2, -0.15) is 0 Å². The second-order valence-corrected chi connectivity index (χ2v) is 3.19. The molecule has 0 aliphatic rings. The minimum Gasteiger partial charge on any atom is -0.479 e. The maximum Gasteiger partial charge on any atom is 0.334 e. The highest BCUT2D eigenvalue weighted by atomic mass is 19.1. The van der Waals surface area contributed by atoms with Crippen molar-refractivity contribution in [3.8, 4) is 0 Å². The molecule has 0 bridgehead atoms. The van der Waals surface area contributed by atoms with Crippen LogP contribution in [0.4, 0.5) is 8.78 Å². The highest BCUT2D eigenvalue weighted by Gasteiger charge is 2.17. The lowest BCUT2D eigenvalue weighted by Gasteiger charge is -2.08. The summed E-state index contributed by atoms with van der Waals surface area (Å²) in [6.07, 6.45) is -1.80. The lowest BCUT2D eigenvalue weighted by atomic mass is 10.2. The summed E-state index contributed by atoms with van der Waals surface area (Å²) in [5, 5.41) is 19.2. The van der Waals surface area contributed by atoms with Crippen molar-refractivity contribution in [1.29, 1.82) is 0 Å². The van der Waals surface area contributed by atoms with Crippen LogP contribution in [0, 0.1) is 11.6 Å². The van der Waals surface area contributed by atoms with Gasteiger partial charge in [-0.1, -0.05) is 0 Å². The molecule has 0 radical (unpaired) electrons. The Balaban J connectivity index is 2.70. The number of aliphatic hydroxyl groups is 1. The van der Waals surface area contributed by atoms with Gasteiger partial charge in [0.05, 0.1) is 12.1 Å². The van der Waals surface area contributed by atoms with Gasteiger partial charge in [0.15, 0.2) is 6.10 Å². The predicted octanol–water partition coefficient (Wildman–Crippen LogP) is 0.140. The van der Waals surface area contributed by atoms with E-state index in [1.165, 1.54) is 0 Å². The van der Waals surface area contributed by atoms with Crippen molar-refractivity contribution in [2.75, 3.05) is 6.54 Å². The van der Waals surface area contributed by atoms with E-state index in [1.807, 2.05) is 5.32 Å². The van der Waals surface area contributed by atoms with Crippen molar-refractivity contribution < 1.29 is 28.6 Å². The van der Waals surface area contributed by atoms with Gasteiger partial charge in [0.1, 0.15) is 11.6 Å². The number of halogens is 2. The third-order valence-electron chi connectivity index (χ3n) is 1.91. The van der Waals surface area contributed by atoms with Crippen LogP contribution < -0.4 is 5.32 Å². The molecule has 7 heteroatoms. The van der Waals surface area contributed by atoms with Gasteiger partial charge in [-0.15, -0.1) is 0 Å². The third kappa shape index (κ3) is 3.49. The first-order valence-corrected chi connectivity index (χ1v) is 4.56. The first-order chi connectivity index (χ1) is 7.91. The maximum atomic E-state index is 13.1. The Morgan fingerprint density at radius 2 is 2.00 bits per heavy atom. The van der Waals surface area contributed by atoms with Crippen molar-refractivity contribution in [1.82, 2.24) is 5.32 Å². The van der Waals surface area contributed by atoms with Crippen molar-refractivity contribution in [3.63, 3.8) is 0 Å². The Hall–Kier alpha value is -2.02. The minimum absolute atomic E-state index is 0.553. The van der Waals surface area contributed by atoms with Crippen molar-refractivity contribution in [3.05, 3.63) is 35.4 Å². The van der Waals surface area contributed by atoms with Crippen LogP contribution in [0.15, 0.2) is 18.2 Å². The molecule has 5 nitrogen and oxygen atoms in total. The molecule has 1 amide bonds. The van der Waals surface area contributed by atoms with E-state index in [-0.39, 0.29) is 0 Å². The molecule has 0 saturated carbocycles. The van der Waals surface area contributed by atoms with E-state index >= 15 is 0 Å². The Morgan fingerprint density at radius 3 is 2.59 bits per heavy atom. The number of aliphatic hydroxyl groups excluding tert-OH is 1. The number of hydrogen-bond acceptors (Lipinski definition) is 3. The Bertz CT molecular complexity index is 450. The first-order valence-electron chi connectivity index (χ1n) is 4.56. The van der Waals surface area contributed by atoms with Crippen LogP contribution >= 0.6 is 0 Å². The molecule has 0 spiro atoms. The standard InChI is InChI=1S/C10H9F2NO4/c11-5-1-2-7(12)6(3-5)9(15)13-4-8(14)10(16)17/h1-3,8,14H,4H2,(H,13,15)(H,16,17)/t8-/m0/s1. The number of carbonyl (C=O) groups is 2. The molecule has 1 aromatic rings. The molecule has 3 N–H and O–H groups in total. The molecule has 0 aliphatic heterocycles. The van der Waals surface area contributed by atoms with Crippen LogP contribution in [0.3, 0.4) is 0 Å². The average Bonchev–Trinajstić information content (AvgIpc) is 2.28. The summed E-state index contributed by atoms with van der Waals surface area (Å²) >= 11 is 0.